The van der Waals surface area contributed by atoms with E-state index in [9.17, 15) is 22.8 Å². The lowest BCUT2D eigenvalue weighted by atomic mass is 9.94. The van der Waals surface area contributed by atoms with Gasteiger partial charge in [0.25, 0.3) is 5.91 Å². The van der Waals surface area contributed by atoms with Gasteiger partial charge in [-0.15, -0.1) is 0 Å². The zero-order chi connectivity index (χ0) is 19.2. The lowest BCUT2D eigenvalue weighted by Gasteiger charge is -2.16. The molecule has 1 aliphatic carbocycles. The predicted octanol–water partition coefficient (Wildman–Crippen LogP) is 3.18. The molecule has 1 saturated heterocycles. The zero-order valence-corrected chi connectivity index (χ0v) is 14.6. The standard InChI is InChI=1S/C19H18F3N3O2/c20-19(21,22)17-15-11-14(26)7-8-16(15)25(23-17)13-5-3-12(4-6-13)18(27)24-9-1-2-10-24/h3-6H,1-2,7-11H2. The smallest absolute Gasteiger partial charge is 0.339 e. The molecule has 8 heteroatoms. The van der Waals surface area contributed by atoms with Crippen molar-refractivity contribution < 1.29 is 22.8 Å². The molecule has 1 aromatic heterocycles. The van der Waals surface area contributed by atoms with E-state index in [0.717, 1.165) is 25.9 Å². The highest BCUT2D eigenvalue weighted by molar-refractivity contribution is 5.94. The van der Waals surface area contributed by atoms with Crippen LogP contribution < -0.4 is 0 Å². The topological polar surface area (TPSA) is 55.2 Å². The third-order valence-corrected chi connectivity index (χ3v) is 5.13. The van der Waals surface area contributed by atoms with Gasteiger partial charge in [-0.3, -0.25) is 9.59 Å². The monoisotopic (exact) mass is 377 g/mol. The largest absolute Gasteiger partial charge is 0.435 e. The van der Waals surface area contributed by atoms with Crippen molar-refractivity contribution in [3.63, 3.8) is 0 Å². The summed E-state index contributed by atoms with van der Waals surface area (Å²) in [6.07, 6.45) is -2.44. The third kappa shape index (κ3) is 3.24. The number of alkyl halides is 3. The maximum Gasteiger partial charge on any atom is 0.435 e. The van der Waals surface area contributed by atoms with Gasteiger partial charge in [-0.2, -0.15) is 18.3 Å². The molecule has 1 fully saturated rings. The highest BCUT2D eigenvalue weighted by Gasteiger charge is 2.40. The molecule has 142 valence electrons. The summed E-state index contributed by atoms with van der Waals surface area (Å²) in [5, 5.41) is 3.76. The molecule has 5 nitrogen and oxygen atoms in total. The highest BCUT2D eigenvalue weighted by Crippen LogP contribution is 2.36. The van der Waals surface area contributed by atoms with Crippen molar-refractivity contribution in [3.05, 3.63) is 46.8 Å². The molecule has 1 amide bonds. The molecule has 4 rings (SSSR count). The van der Waals surface area contributed by atoms with Gasteiger partial charge < -0.3 is 4.90 Å². The second-order valence-electron chi connectivity index (χ2n) is 6.95. The Bertz CT molecular complexity index is 894. The molecule has 0 unspecified atom stereocenters. The number of hydrogen-bond acceptors (Lipinski definition) is 3. The van der Waals surface area contributed by atoms with Gasteiger partial charge >= 0.3 is 6.18 Å². The number of aromatic nitrogens is 2. The van der Waals surface area contributed by atoms with Gasteiger partial charge in [-0.1, -0.05) is 0 Å². The normalized spacial score (nSPS) is 17.3. The van der Waals surface area contributed by atoms with Crippen LogP contribution in [0.1, 0.15) is 46.6 Å². The van der Waals surface area contributed by atoms with Crippen LogP contribution in [0.3, 0.4) is 0 Å². The third-order valence-electron chi connectivity index (χ3n) is 5.13. The molecule has 1 aromatic carbocycles. The fourth-order valence-corrected chi connectivity index (χ4v) is 3.76. The maximum absolute atomic E-state index is 13.3. The summed E-state index contributed by atoms with van der Waals surface area (Å²) in [6.45, 7) is 1.46. The predicted molar refractivity (Wildman–Crippen MR) is 90.7 cm³/mol. The van der Waals surface area contributed by atoms with Crippen molar-refractivity contribution in [2.24, 2.45) is 0 Å². The number of benzene rings is 1. The molecule has 0 spiro atoms. The van der Waals surface area contributed by atoms with Crippen molar-refractivity contribution in [2.75, 3.05) is 13.1 Å². The first-order valence-electron chi connectivity index (χ1n) is 8.94. The average molecular weight is 377 g/mol. The minimum atomic E-state index is -4.61. The average Bonchev–Trinajstić information content (AvgIpc) is 3.28. The van der Waals surface area contributed by atoms with Gasteiger partial charge in [0.1, 0.15) is 5.78 Å². The molecule has 0 radical (unpaired) electrons. The van der Waals surface area contributed by atoms with Crippen LogP contribution in [0, 0.1) is 0 Å². The van der Waals surface area contributed by atoms with Crippen LogP contribution in [0.4, 0.5) is 13.2 Å². The van der Waals surface area contributed by atoms with Crippen LogP contribution in [0.2, 0.25) is 0 Å². The van der Waals surface area contributed by atoms with Gasteiger partial charge in [-0.05, 0) is 43.5 Å². The Labute approximate surface area is 153 Å². The number of carbonyl (C=O) groups excluding carboxylic acids is 2. The van der Waals surface area contributed by atoms with Crippen molar-refractivity contribution in [3.8, 4) is 5.69 Å². The van der Waals surface area contributed by atoms with Crippen molar-refractivity contribution in [1.82, 2.24) is 14.7 Å². The molecule has 0 N–H and O–H groups in total. The summed E-state index contributed by atoms with van der Waals surface area (Å²) in [6, 6.07) is 6.44. The molecule has 2 heterocycles. The number of amides is 1. The molecule has 2 aliphatic rings. The summed E-state index contributed by atoms with van der Waals surface area (Å²) in [4.78, 5) is 25.8. The second kappa shape index (κ2) is 6.51. The SMILES string of the molecule is O=C1CCc2c(c(C(F)(F)F)nn2-c2ccc(C(=O)N3CCCC3)cc2)C1. The molecule has 0 bridgehead atoms. The van der Waals surface area contributed by atoms with E-state index < -0.39 is 11.9 Å². The van der Waals surface area contributed by atoms with Crippen LogP contribution in [0.15, 0.2) is 24.3 Å². The van der Waals surface area contributed by atoms with Crippen molar-refractivity contribution in [1.29, 1.82) is 0 Å². The van der Waals surface area contributed by atoms with E-state index in [4.69, 9.17) is 0 Å². The Kier molecular flexibility index (Phi) is 4.28. The first-order chi connectivity index (χ1) is 12.8. The fraction of sp³-hybridized carbons (Fsp3) is 0.421. The van der Waals surface area contributed by atoms with Crippen molar-refractivity contribution in [2.45, 2.75) is 38.3 Å². The Hall–Kier alpha value is -2.64. The Morgan fingerprint density at radius 1 is 1.04 bits per heavy atom. The number of fused-ring (bicyclic) bond motifs is 1. The summed E-state index contributed by atoms with van der Waals surface area (Å²) < 4.78 is 41.3. The van der Waals surface area contributed by atoms with Crippen LogP contribution in [0.25, 0.3) is 5.69 Å². The Balaban J connectivity index is 1.69. The molecule has 27 heavy (non-hydrogen) atoms. The molecule has 2 aromatic rings. The van der Waals surface area contributed by atoms with Gasteiger partial charge in [-0.25, -0.2) is 4.68 Å². The number of likely N-dealkylation sites (tertiary alicyclic amines) is 1. The van der Waals surface area contributed by atoms with E-state index in [1.165, 1.54) is 4.68 Å². The number of rotatable bonds is 2. The number of hydrogen-bond donors (Lipinski definition) is 0. The summed E-state index contributed by atoms with van der Waals surface area (Å²) >= 11 is 0. The van der Waals surface area contributed by atoms with E-state index in [0.29, 0.717) is 16.9 Å². The summed E-state index contributed by atoms with van der Waals surface area (Å²) in [5.41, 5.74) is 0.348. The molecule has 0 atom stereocenters. The number of Topliss-reactive ketones (excluding diaryl/α,β-unsaturated/α-hetero) is 1. The number of carbonyl (C=O) groups is 2. The van der Waals surface area contributed by atoms with E-state index in [2.05, 4.69) is 5.10 Å². The first-order valence-corrected chi connectivity index (χ1v) is 8.94. The minimum absolute atomic E-state index is 0.0315. The molecular weight excluding hydrogens is 359 g/mol. The van der Waals surface area contributed by atoms with Crippen molar-refractivity contribution >= 4 is 11.7 Å². The minimum Gasteiger partial charge on any atom is -0.339 e. The fourth-order valence-electron chi connectivity index (χ4n) is 3.76. The molecular formula is C19H18F3N3O2. The highest BCUT2D eigenvalue weighted by atomic mass is 19.4. The van der Waals surface area contributed by atoms with Crippen LogP contribution in [-0.2, 0) is 23.8 Å². The maximum atomic E-state index is 13.3. The van der Waals surface area contributed by atoms with Gasteiger partial charge in [0, 0.05) is 42.8 Å². The molecule has 0 saturated carbocycles. The lowest BCUT2D eigenvalue weighted by molar-refractivity contribution is -0.142. The van der Waals surface area contributed by atoms with E-state index in [1.807, 2.05) is 0 Å². The van der Waals surface area contributed by atoms with Crippen LogP contribution in [0.5, 0.6) is 0 Å². The molecule has 1 aliphatic heterocycles. The lowest BCUT2D eigenvalue weighted by Crippen LogP contribution is -2.27. The van der Waals surface area contributed by atoms with E-state index in [-0.39, 0.29) is 36.5 Å². The van der Waals surface area contributed by atoms with E-state index >= 15 is 0 Å². The summed E-state index contributed by atoms with van der Waals surface area (Å²) in [5.74, 6) is -0.276. The quantitative estimate of drug-likeness (QED) is 0.808. The summed E-state index contributed by atoms with van der Waals surface area (Å²) in [7, 11) is 0. The Morgan fingerprint density at radius 3 is 2.33 bits per heavy atom. The second-order valence-corrected chi connectivity index (χ2v) is 6.95. The van der Waals surface area contributed by atoms with E-state index in [1.54, 1.807) is 29.2 Å². The number of halogens is 3. The van der Waals surface area contributed by atoms with Gasteiger partial charge in [0.15, 0.2) is 5.69 Å². The first kappa shape index (κ1) is 17.8. The van der Waals surface area contributed by atoms with Gasteiger partial charge in [0.05, 0.1) is 5.69 Å². The number of ketones is 1. The van der Waals surface area contributed by atoms with Crippen LogP contribution in [-0.4, -0.2) is 39.5 Å². The van der Waals surface area contributed by atoms with Gasteiger partial charge in [0.2, 0.25) is 0 Å². The Morgan fingerprint density at radius 2 is 1.70 bits per heavy atom. The van der Waals surface area contributed by atoms with Crippen LogP contribution >= 0.6 is 0 Å². The number of nitrogens with zero attached hydrogens (tertiary/aromatic N) is 3. The zero-order valence-electron chi connectivity index (χ0n) is 14.6.